The molecule has 19 heavy (non-hydrogen) atoms. The van der Waals surface area contributed by atoms with Crippen LogP contribution in [0, 0.1) is 0 Å². The maximum atomic E-state index is 12.1. The Morgan fingerprint density at radius 3 is 2.79 bits per heavy atom. The summed E-state index contributed by atoms with van der Waals surface area (Å²) in [6.45, 7) is 0. The second kappa shape index (κ2) is 4.96. The van der Waals surface area contributed by atoms with Crippen molar-refractivity contribution in [3.8, 4) is 0 Å². The largest absolute Gasteiger partial charge is 0.398 e. The van der Waals surface area contributed by atoms with Crippen LogP contribution in [0.25, 0.3) is 9.40 Å². The zero-order valence-corrected chi connectivity index (χ0v) is 12.9. The van der Waals surface area contributed by atoms with E-state index in [1.54, 1.807) is 17.4 Å². The van der Waals surface area contributed by atoms with Gasteiger partial charge in [0, 0.05) is 25.2 Å². The number of halogens is 1. The highest BCUT2D eigenvalue weighted by Gasteiger charge is 2.11. The molecule has 0 saturated heterocycles. The maximum absolute atomic E-state index is 12.1. The summed E-state index contributed by atoms with van der Waals surface area (Å²) in [6, 6.07) is 9.31. The number of nitrogens with one attached hydrogen (secondary N) is 1. The van der Waals surface area contributed by atoms with E-state index in [0.717, 1.165) is 13.9 Å². The number of carbonyl (C=O) groups excluding carboxylic acids is 1. The van der Waals surface area contributed by atoms with Crippen LogP contribution in [0.4, 0.5) is 11.4 Å². The Morgan fingerprint density at radius 2 is 2.05 bits per heavy atom. The zero-order chi connectivity index (χ0) is 13.4. The molecule has 0 fully saturated rings. The van der Waals surface area contributed by atoms with Crippen molar-refractivity contribution in [2.45, 2.75) is 0 Å². The van der Waals surface area contributed by atoms with Crippen LogP contribution >= 0.6 is 38.6 Å². The van der Waals surface area contributed by atoms with E-state index in [4.69, 9.17) is 5.73 Å². The van der Waals surface area contributed by atoms with Crippen LogP contribution in [-0.2, 0) is 0 Å². The van der Waals surface area contributed by atoms with Crippen molar-refractivity contribution in [2.24, 2.45) is 0 Å². The number of rotatable bonds is 2. The van der Waals surface area contributed by atoms with Crippen molar-refractivity contribution in [2.75, 3.05) is 11.1 Å². The van der Waals surface area contributed by atoms with Crippen molar-refractivity contribution in [3.63, 3.8) is 0 Å². The number of carbonyl (C=O) groups is 1. The Kier molecular flexibility index (Phi) is 3.30. The van der Waals surface area contributed by atoms with Gasteiger partial charge >= 0.3 is 0 Å². The van der Waals surface area contributed by atoms with E-state index in [1.807, 2.05) is 29.6 Å². The number of fused-ring (bicyclic) bond motifs is 1. The van der Waals surface area contributed by atoms with Crippen molar-refractivity contribution in [1.82, 2.24) is 0 Å². The predicted octanol–water partition coefficient (Wildman–Crippen LogP) is 4.56. The third kappa shape index (κ3) is 2.51. The minimum atomic E-state index is -0.102. The van der Waals surface area contributed by atoms with Gasteiger partial charge in [0.1, 0.15) is 0 Å². The summed E-state index contributed by atoms with van der Waals surface area (Å²) in [5.74, 6) is -0.102. The highest BCUT2D eigenvalue weighted by atomic mass is 79.9. The van der Waals surface area contributed by atoms with Gasteiger partial charge in [0.15, 0.2) is 0 Å². The summed E-state index contributed by atoms with van der Waals surface area (Å²) >= 11 is 6.46. The van der Waals surface area contributed by atoms with Gasteiger partial charge < -0.3 is 11.1 Å². The van der Waals surface area contributed by atoms with Crippen LogP contribution < -0.4 is 11.1 Å². The molecule has 0 radical (unpaired) electrons. The molecule has 0 unspecified atom stereocenters. The molecule has 1 amide bonds. The van der Waals surface area contributed by atoms with Gasteiger partial charge in [-0.05, 0) is 51.6 Å². The average Bonchev–Trinajstić information content (AvgIpc) is 2.94. The first-order valence-electron chi connectivity index (χ1n) is 5.47. The second-order valence-electron chi connectivity index (χ2n) is 3.95. The number of amides is 1. The second-order valence-corrected chi connectivity index (χ2v) is 6.84. The van der Waals surface area contributed by atoms with Crippen LogP contribution in [0.2, 0.25) is 0 Å². The Bertz CT molecular complexity index is 734. The molecule has 0 atom stereocenters. The first kappa shape index (κ1) is 12.7. The summed E-state index contributed by atoms with van der Waals surface area (Å²) in [5.41, 5.74) is 7.08. The van der Waals surface area contributed by atoms with E-state index < -0.39 is 0 Å². The smallest absolute Gasteiger partial charge is 0.265 e. The number of hydrogen-bond acceptors (Lipinski definition) is 4. The quantitative estimate of drug-likeness (QED) is 0.664. The van der Waals surface area contributed by atoms with Crippen LogP contribution in [0.3, 0.4) is 0 Å². The van der Waals surface area contributed by atoms with E-state index in [-0.39, 0.29) is 5.91 Å². The Morgan fingerprint density at radius 1 is 1.21 bits per heavy atom. The van der Waals surface area contributed by atoms with Crippen LogP contribution in [0.15, 0.2) is 40.2 Å². The molecule has 0 aliphatic rings. The molecule has 3 rings (SSSR count). The number of hydrogen-bond donors (Lipinski definition) is 2. The third-order valence-corrected chi connectivity index (χ3v) is 5.43. The summed E-state index contributed by atoms with van der Waals surface area (Å²) in [4.78, 5) is 12.8. The number of benzene rings is 1. The average molecular weight is 353 g/mol. The molecule has 3 nitrogen and oxygen atoms in total. The summed E-state index contributed by atoms with van der Waals surface area (Å²) < 4.78 is 3.11. The van der Waals surface area contributed by atoms with Gasteiger partial charge in [0.2, 0.25) is 0 Å². The summed E-state index contributed by atoms with van der Waals surface area (Å²) in [6.07, 6.45) is 0. The van der Waals surface area contributed by atoms with E-state index in [1.165, 1.54) is 11.3 Å². The first-order chi connectivity index (χ1) is 9.13. The summed E-state index contributed by atoms with van der Waals surface area (Å²) in [5, 5.41) is 4.88. The molecule has 0 spiro atoms. The monoisotopic (exact) mass is 352 g/mol. The fourth-order valence-corrected chi connectivity index (χ4v) is 3.94. The number of thiophene rings is 2. The minimum absolute atomic E-state index is 0.102. The Labute approximate surface area is 126 Å². The molecule has 0 aliphatic heterocycles. The van der Waals surface area contributed by atoms with E-state index >= 15 is 0 Å². The molecule has 0 aliphatic carbocycles. The normalized spacial score (nSPS) is 10.8. The molecule has 0 saturated carbocycles. The number of nitrogens with two attached hydrogens (primary N) is 1. The van der Waals surface area contributed by atoms with Crippen LogP contribution in [-0.4, -0.2) is 5.91 Å². The lowest BCUT2D eigenvalue weighted by Gasteiger charge is -2.05. The molecular formula is C13H9BrN2OS2. The molecule has 1 aromatic carbocycles. The SMILES string of the molecule is Nc1cc(NC(=O)c2cc3sccc3s2)ccc1Br. The maximum Gasteiger partial charge on any atom is 0.265 e. The third-order valence-electron chi connectivity index (χ3n) is 2.62. The van der Waals surface area contributed by atoms with E-state index in [0.29, 0.717) is 16.3 Å². The molecule has 0 bridgehead atoms. The molecular weight excluding hydrogens is 344 g/mol. The molecule has 3 aromatic rings. The number of anilines is 2. The van der Waals surface area contributed by atoms with Crippen molar-refractivity contribution in [1.29, 1.82) is 0 Å². The fourth-order valence-electron chi connectivity index (χ4n) is 1.69. The fraction of sp³-hybridized carbons (Fsp3) is 0. The van der Waals surface area contributed by atoms with Gasteiger partial charge in [-0.2, -0.15) is 0 Å². The van der Waals surface area contributed by atoms with Gasteiger partial charge in [-0.25, -0.2) is 0 Å². The van der Waals surface area contributed by atoms with Gasteiger partial charge in [0.05, 0.1) is 4.88 Å². The Hall–Kier alpha value is -1.37. The molecule has 96 valence electrons. The minimum Gasteiger partial charge on any atom is -0.398 e. The lowest BCUT2D eigenvalue weighted by atomic mass is 10.3. The van der Waals surface area contributed by atoms with E-state index in [9.17, 15) is 4.79 Å². The van der Waals surface area contributed by atoms with Crippen molar-refractivity contribution in [3.05, 3.63) is 45.1 Å². The van der Waals surface area contributed by atoms with E-state index in [2.05, 4.69) is 21.2 Å². The molecule has 2 heterocycles. The molecule has 6 heteroatoms. The van der Waals surface area contributed by atoms with Gasteiger partial charge in [-0.1, -0.05) is 0 Å². The van der Waals surface area contributed by atoms with Crippen LogP contribution in [0.5, 0.6) is 0 Å². The highest BCUT2D eigenvalue weighted by molar-refractivity contribution is 9.10. The van der Waals surface area contributed by atoms with Crippen LogP contribution in [0.1, 0.15) is 9.67 Å². The Balaban J connectivity index is 1.84. The highest BCUT2D eigenvalue weighted by Crippen LogP contribution is 2.30. The van der Waals surface area contributed by atoms with Gasteiger partial charge in [-0.15, -0.1) is 22.7 Å². The zero-order valence-electron chi connectivity index (χ0n) is 9.64. The molecule has 3 N–H and O–H groups in total. The van der Waals surface area contributed by atoms with Gasteiger partial charge in [0.25, 0.3) is 5.91 Å². The summed E-state index contributed by atoms with van der Waals surface area (Å²) in [7, 11) is 0. The lowest BCUT2D eigenvalue weighted by Crippen LogP contribution is -2.10. The predicted molar refractivity (Wildman–Crippen MR) is 86.2 cm³/mol. The topological polar surface area (TPSA) is 55.1 Å². The molecule has 2 aromatic heterocycles. The standard InChI is InChI=1S/C13H9BrN2OS2/c14-8-2-1-7(5-9(8)15)16-13(17)12-6-11-10(19-12)3-4-18-11/h1-6H,15H2,(H,16,17). The lowest BCUT2D eigenvalue weighted by molar-refractivity contribution is 0.103. The number of nitrogen functional groups attached to an aromatic ring is 1. The van der Waals surface area contributed by atoms with Crippen molar-refractivity contribution < 1.29 is 4.79 Å². The first-order valence-corrected chi connectivity index (χ1v) is 7.96. The van der Waals surface area contributed by atoms with Crippen molar-refractivity contribution >= 4 is 65.3 Å². The van der Waals surface area contributed by atoms with Gasteiger partial charge in [-0.3, -0.25) is 4.79 Å².